The van der Waals surface area contributed by atoms with Crippen LogP contribution in [0, 0.1) is 6.92 Å². The van der Waals surface area contributed by atoms with Crippen molar-refractivity contribution in [3.8, 4) is 0 Å². The Labute approximate surface area is 79.4 Å². The highest BCUT2D eigenvalue weighted by Gasteiger charge is 2.14. The molecule has 1 aromatic heterocycles. The van der Waals surface area contributed by atoms with E-state index in [1.54, 1.807) is 0 Å². The van der Waals surface area contributed by atoms with Crippen LogP contribution in [0.1, 0.15) is 31.4 Å². The SMILES string of the molecule is Cc1ncccc1NC1CCCC1. The van der Waals surface area contributed by atoms with Crippen molar-refractivity contribution in [3.05, 3.63) is 24.0 Å². The van der Waals surface area contributed by atoms with Gasteiger partial charge in [-0.3, -0.25) is 4.98 Å². The number of nitrogens with one attached hydrogen (secondary N) is 1. The number of nitrogens with zero attached hydrogens (tertiary/aromatic N) is 1. The summed E-state index contributed by atoms with van der Waals surface area (Å²) in [5.41, 5.74) is 2.31. The van der Waals surface area contributed by atoms with Crippen molar-refractivity contribution in [3.63, 3.8) is 0 Å². The number of hydrogen-bond acceptors (Lipinski definition) is 2. The molecule has 1 saturated carbocycles. The van der Waals surface area contributed by atoms with E-state index in [-0.39, 0.29) is 0 Å². The first-order valence-corrected chi connectivity index (χ1v) is 5.04. The van der Waals surface area contributed by atoms with Gasteiger partial charge in [0, 0.05) is 12.2 Å². The maximum Gasteiger partial charge on any atom is 0.0603 e. The fourth-order valence-corrected chi connectivity index (χ4v) is 1.93. The minimum Gasteiger partial charge on any atom is -0.381 e. The molecular weight excluding hydrogens is 160 g/mol. The molecule has 1 heterocycles. The predicted octanol–water partition coefficient (Wildman–Crippen LogP) is 2.74. The average Bonchev–Trinajstić information content (AvgIpc) is 2.61. The second-order valence-electron chi connectivity index (χ2n) is 3.76. The first kappa shape index (κ1) is 8.54. The van der Waals surface area contributed by atoms with Gasteiger partial charge in [-0.05, 0) is 31.9 Å². The quantitative estimate of drug-likeness (QED) is 0.749. The number of rotatable bonds is 2. The summed E-state index contributed by atoms with van der Waals surface area (Å²) in [6.45, 7) is 2.05. The number of pyridine rings is 1. The normalized spacial score (nSPS) is 17.6. The summed E-state index contributed by atoms with van der Waals surface area (Å²) in [6, 6.07) is 4.79. The van der Waals surface area contributed by atoms with Crippen molar-refractivity contribution in [1.29, 1.82) is 0 Å². The summed E-state index contributed by atoms with van der Waals surface area (Å²) in [5.74, 6) is 0. The highest BCUT2D eigenvalue weighted by molar-refractivity contribution is 5.47. The van der Waals surface area contributed by atoms with Gasteiger partial charge in [-0.2, -0.15) is 0 Å². The Balaban J connectivity index is 2.04. The Bertz CT molecular complexity index is 277. The topological polar surface area (TPSA) is 24.9 Å². The van der Waals surface area contributed by atoms with Gasteiger partial charge in [0.15, 0.2) is 0 Å². The second kappa shape index (κ2) is 3.77. The molecule has 0 aliphatic heterocycles. The van der Waals surface area contributed by atoms with Crippen molar-refractivity contribution in [2.45, 2.75) is 38.6 Å². The monoisotopic (exact) mass is 176 g/mol. The molecular formula is C11H16N2. The smallest absolute Gasteiger partial charge is 0.0603 e. The zero-order chi connectivity index (χ0) is 9.10. The van der Waals surface area contributed by atoms with Gasteiger partial charge in [0.25, 0.3) is 0 Å². The van der Waals surface area contributed by atoms with E-state index in [4.69, 9.17) is 0 Å². The van der Waals surface area contributed by atoms with Crippen LogP contribution >= 0.6 is 0 Å². The van der Waals surface area contributed by atoms with Gasteiger partial charge in [-0.15, -0.1) is 0 Å². The molecule has 0 atom stereocenters. The summed E-state index contributed by atoms with van der Waals surface area (Å²) in [7, 11) is 0. The zero-order valence-corrected chi connectivity index (χ0v) is 8.09. The molecule has 1 fully saturated rings. The molecule has 0 bridgehead atoms. The molecule has 2 rings (SSSR count). The van der Waals surface area contributed by atoms with Gasteiger partial charge in [0.1, 0.15) is 0 Å². The number of hydrogen-bond donors (Lipinski definition) is 1. The molecule has 0 radical (unpaired) electrons. The highest BCUT2D eigenvalue weighted by Crippen LogP contribution is 2.22. The number of aryl methyl sites for hydroxylation is 1. The molecule has 0 unspecified atom stereocenters. The molecule has 13 heavy (non-hydrogen) atoms. The van der Waals surface area contributed by atoms with Crippen LogP contribution in [0.15, 0.2) is 18.3 Å². The highest BCUT2D eigenvalue weighted by atomic mass is 14.9. The van der Waals surface area contributed by atoms with E-state index in [0.717, 1.165) is 5.69 Å². The van der Waals surface area contributed by atoms with E-state index >= 15 is 0 Å². The second-order valence-corrected chi connectivity index (χ2v) is 3.76. The van der Waals surface area contributed by atoms with Gasteiger partial charge in [-0.1, -0.05) is 12.8 Å². The van der Waals surface area contributed by atoms with Crippen LogP contribution in [-0.2, 0) is 0 Å². The van der Waals surface area contributed by atoms with E-state index < -0.39 is 0 Å². The summed E-state index contributed by atoms with van der Waals surface area (Å²) < 4.78 is 0. The van der Waals surface area contributed by atoms with Crippen molar-refractivity contribution < 1.29 is 0 Å². The first-order chi connectivity index (χ1) is 6.36. The fourth-order valence-electron chi connectivity index (χ4n) is 1.93. The summed E-state index contributed by atoms with van der Waals surface area (Å²) >= 11 is 0. The molecule has 0 amide bonds. The van der Waals surface area contributed by atoms with Crippen molar-refractivity contribution in [1.82, 2.24) is 4.98 Å². The molecule has 1 aliphatic rings. The van der Waals surface area contributed by atoms with Gasteiger partial charge in [-0.25, -0.2) is 0 Å². The third-order valence-corrected chi connectivity index (χ3v) is 2.72. The lowest BCUT2D eigenvalue weighted by molar-refractivity contribution is 0.753. The van der Waals surface area contributed by atoms with Crippen molar-refractivity contribution >= 4 is 5.69 Å². The Morgan fingerprint density at radius 2 is 2.15 bits per heavy atom. The fraction of sp³-hybridized carbons (Fsp3) is 0.545. The Hall–Kier alpha value is -1.05. The van der Waals surface area contributed by atoms with Crippen LogP contribution in [-0.4, -0.2) is 11.0 Å². The van der Waals surface area contributed by atoms with Gasteiger partial charge >= 0.3 is 0 Å². The van der Waals surface area contributed by atoms with E-state index in [9.17, 15) is 0 Å². The van der Waals surface area contributed by atoms with Crippen LogP contribution in [0.25, 0.3) is 0 Å². The summed E-state index contributed by atoms with van der Waals surface area (Å²) in [4.78, 5) is 4.26. The molecule has 1 aliphatic carbocycles. The summed E-state index contributed by atoms with van der Waals surface area (Å²) in [6.07, 6.45) is 7.21. The van der Waals surface area contributed by atoms with Crippen LogP contribution in [0.5, 0.6) is 0 Å². The lowest BCUT2D eigenvalue weighted by Gasteiger charge is -2.14. The Morgan fingerprint density at radius 1 is 1.38 bits per heavy atom. The minimum absolute atomic E-state index is 0.683. The standard InChI is InChI=1S/C11H16N2/c1-9-11(7-4-8-12-9)13-10-5-2-3-6-10/h4,7-8,10,13H,2-3,5-6H2,1H3. The maximum atomic E-state index is 4.26. The van der Waals surface area contributed by atoms with E-state index in [1.807, 2.05) is 12.3 Å². The molecule has 70 valence electrons. The minimum atomic E-state index is 0.683. The molecule has 1 N–H and O–H groups in total. The maximum absolute atomic E-state index is 4.26. The van der Waals surface area contributed by atoms with Crippen LogP contribution < -0.4 is 5.32 Å². The Morgan fingerprint density at radius 3 is 2.85 bits per heavy atom. The van der Waals surface area contributed by atoms with Crippen LogP contribution in [0.4, 0.5) is 5.69 Å². The van der Waals surface area contributed by atoms with Crippen LogP contribution in [0.2, 0.25) is 0 Å². The van der Waals surface area contributed by atoms with Gasteiger partial charge in [0.05, 0.1) is 11.4 Å². The molecule has 1 aromatic rings. The Kier molecular flexibility index (Phi) is 2.48. The first-order valence-electron chi connectivity index (χ1n) is 5.04. The van der Waals surface area contributed by atoms with Gasteiger partial charge < -0.3 is 5.32 Å². The number of aromatic nitrogens is 1. The zero-order valence-electron chi connectivity index (χ0n) is 8.09. The lowest BCUT2D eigenvalue weighted by atomic mass is 10.2. The lowest BCUT2D eigenvalue weighted by Crippen LogP contribution is -2.15. The molecule has 0 saturated heterocycles. The van der Waals surface area contributed by atoms with E-state index in [1.165, 1.54) is 31.4 Å². The average molecular weight is 176 g/mol. The summed E-state index contributed by atoms with van der Waals surface area (Å²) in [5, 5.41) is 3.55. The van der Waals surface area contributed by atoms with Crippen molar-refractivity contribution in [2.75, 3.05) is 5.32 Å². The van der Waals surface area contributed by atoms with E-state index in [2.05, 4.69) is 23.3 Å². The number of anilines is 1. The van der Waals surface area contributed by atoms with Crippen LogP contribution in [0.3, 0.4) is 0 Å². The van der Waals surface area contributed by atoms with E-state index in [0.29, 0.717) is 6.04 Å². The largest absolute Gasteiger partial charge is 0.381 e. The van der Waals surface area contributed by atoms with Gasteiger partial charge in [0.2, 0.25) is 0 Å². The molecule has 2 nitrogen and oxygen atoms in total. The third-order valence-electron chi connectivity index (χ3n) is 2.72. The molecule has 0 aromatic carbocycles. The third kappa shape index (κ3) is 2.00. The molecule has 2 heteroatoms. The molecule has 0 spiro atoms. The van der Waals surface area contributed by atoms with Crippen molar-refractivity contribution in [2.24, 2.45) is 0 Å². The predicted molar refractivity (Wildman–Crippen MR) is 54.9 cm³/mol.